The molecule has 1 atom stereocenters. The molecule has 0 amide bonds. The second-order valence-corrected chi connectivity index (χ2v) is 5.39. The van der Waals surface area contributed by atoms with E-state index in [1.54, 1.807) is 24.3 Å². The van der Waals surface area contributed by atoms with Gasteiger partial charge in [-0.2, -0.15) is 0 Å². The summed E-state index contributed by atoms with van der Waals surface area (Å²) in [6, 6.07) is 10.6. The van der Waals surface area contributed by atoms with Gasteiger partial charge in [-0.25, -0.2) is 0 Å². The van der Waals surface area contributed by atoms with E-state index in [0.29, 0.717) is 21.8 Å². The van der Waals surface area contributed by atoms with E-state index in [9.17, 15) is 4.79 Å². The number of nitrogen functional groups attached to an aromatic ring is 1. The monoisotopic (exact) mass is 287 g/mol. The number of ketones is 1. The van der Waals surface area contributed by atoms with Crippen LogP contribution in [-0.4, -0.2) is 11.9 Å². The Kier molecular flexibility index (Phi) is 3.14. The van der Waals surface area contributed by atoms with Gasteiger partial charge in [0.05, 0.1) is 10.7 Å². The average molecular weight is 288 g/mol. The Morgan fingerprint density at radius 1 is 1.35 bits per heavy atom. The topological polar surface area (TPSA) is 52.3 Å². The number of hydrogen-bond acceptors (Lipinski definition) is 3. The molecule has 0 bridgehead atoms. The van der Waals surface area contributed by atoms with E-state index in [-0.39, 0.29) is 11.9 Å². The van der Waals surface area contributed by atoms with Crippen molar-refractivity contribution in [3.8, 4) is 5.75 Å². The van der Waals surface area contributed by atoms with Crippen molar-refractivity contribution in [1.29, 1.82) is 0 Å². The molecule has 0 aliphatic carbocycles. The van der Waals surface area contributed by atoms with Gasteiger partial charge >= 0.3 is 0 Å². The van der Waals surface area contributed by atoms with Crippen LogP contribution in [0.1, 0.15) is 28.4 Å². The normalized spacial score (nSPS) is 16.6. The summed E-state index contributed by atoms with van der Waals surface area (Å²) in [6.07, 6.45) is 0.980. The van der Waals surface area contributed by atoms with Crippen molar-refractivity contribution in [3.63, 3.8) is 0 Å². The highest BCUT2D eigenvalue weighted by molar-refractivity contribution is 6.34. The molecule has 2 aromatic rings. The second-order valence-electron chi connectivity index (χ2n) is 4.99. The molecule has 0 saturated heterocycles. The first kappa shape index (κ1) is 13.0. The highest BCUT2D eigenvalue weighted by atomic mass is 35.5. The van der Waals surface area contributed by atoms with Crippen LogP contribution in [0, 0.1) is 0 Å². The van der Waals surface area contributed by atoms with Gasteiger partial charge in [0.2, 0.25) is 0 Å². The van der Waals surface area contributed by atoms with Gasteiger partial charge in [0.1, 0.15) is 11.9 Å². The Morgan fingerprint density at radius 2 is 2.15 bits per heavy atom. The number of nitrogens with two attached hydrogens (primary N) is 1. The minimum absolute atomic E-state index is 0.118. The molecule has 4 heteroatoms. The minimum atomic E-state index is -0.118. The van der Waals surface area contributed by atoms with Crippen molar-refractivity contribution >= 4 is 23.1 Å². The number of rotatable bonds is 2. The van der Waals surface area contributed by atoms with Crippen molar-refractivity contribution < 1.29 is 9.53 Å². The largest absolute Gasteiger partial charge is 0.490 e. The number of hydrogen-bond donors (Lipinski definition) is 1. The summed E-state index contributed by atoms with van der Waals surface area (Å²) in [5, 5.41) is 0.397. The number of carbonyl (C=O) groups is 1. The molecule has 1 heterocycles. The Morgan fingerprint density at radius 3 is 2.95 bits per heavy atom. The number of benzene rings is 2. The van der Waals surface area contributed by atoms with E-state index in [0.717, 1.165) is 17.7 Å². The maximum Gasteiger partial charge on any atom is 0.195 e. The van der Waals surface area contributed by atoms with Crippen molar-refractivity contribution in [2.75, 3.05) is 5.73 Å². The van der Waals surface area contributed by atoms with Gasteiger partial charge in [0, 0.05) is 17.5 Å². The first-order valence-corrected chi connectivity index (χ1v) is 6.82. The van der Waals surface area contributed by atoms with Gasteiger partial charge in [0.15, 0.2) is 5.78 Å². The number of ether oxygens (including phenoxy) is 1. The van der Waals surface area contributed by atoms with Crippen LogP contribution in [0.4, 0.5) is 5.69 Å². The van der Waals surface area contributed by atoms with Crippen molar-refractivity contribution in [1.82, 2.24) is 0 Å². The van der Waals surface area contributed by atoms with Gasteiger partial charge in [-0.3, -0.25) is 4.79 Å². The maximum absolute atomic E-state index is 12.5. The quantitative estimate of drug-likeness (QED) is 0.679. The molecule has 1 aliphatic rings. The van der Waals surface area contributed by atoms with Crippen LogP contribution >= 0.6 is 11.6 Å². The summed E-state index contributed by atoms with van der Waals surface area (Å²) in [4.78, 5) is 12.5. The molecule has 102 valence electrons. The molecular formula is C16H14ClNO2. The summed E-state index contributed by atoms with van der Waals surface area (Å²) < 4.78 is 5.63. The number of anilines is 1. The molecule has 20 heavy (non-hydrogen) atoms. The number of carbonyl (C=O) groups excluding carboxylic acids is 1. The average Bonchev–Trinajstić information content (AvgIpc) is 2.80. The first-order chi connectivity index (χ1) is 9.56. The lowest BCUT2D eigenvalue weighted by atomic mass is 9.99. The standard InChI is InChI=1S/C16H14ClNO2/c1-9-7-11-8-10(5-6-14(11)20-9)16(19)12-3-2-4-13(17)15(12)18/h2-6,8-9H,7,18H2,1H3. The third kappa shape index (κ3) is 2.14. The highest BCUT2D eigenvalue weighted by Crippen LogP contribution is 2.31. The zero-order chi connectivity index (χ0) is 14.3. The fraction of sp³-hybridized carbons (Fsp3) is 0.188. The van der Waals surface area contributed by atoms with Crippen molar-refractivity contribution in [2.24, 2.45) is 0 Å². The van der Waals surface area contributed by atoms with E-state index in [1.807, 2.05) is 19.1 Å². The predicted octanol–water partition coefficient (Wildman–Crippen LogP) is 3.48. The Bertz CT molecular complexity index is 697. The zero-order valence-electron chi connectivity index (χ0n) is 11.0. The molecule has 2 N–H and O–H groups in total. The molecule has 3 rings (SSSR count). The van der Waals surface area contributed by atoms with Crippen LogP contribution in [0.15, 0.2) is 36.4 Å². The fourth-order valence-electron chi connectivity index (χ4n) is 2.45. The second kappa shape index (κ2) is 4.84. The minimum Gasteiger partial charge on any atom is -0.490 e. The van der Waals surface area contributed by atoms with Crippen LogP contribution in [0.5, 0.6) is 5.75 Å². The van der Waals surface area contributed by atoms with Crippen LogP contribution < -0.4 is 10.5 Å². The van der Waals surface area contributed by atoms with Crippen LogP contribution in [0.25, 0.3) is 0 Å². The van der Waals surface area contributed by atoms with E-state index < -0.39 is 0 Å². The summed E-state index contributed by atoms with van der Waals surface area (Å²) in [5.41, 5.74) is 8.30. The van der Waals surface area contributed by atoms with Gasteiger partial charge in [0.25, 0.3) is 0 Å². The molecule has 1 aliphatic heterocycles. The Balaban J connectivity index is 2.00. The Labute approximate surface area is 122 Å². The van der Waals surface area contributed by atoms with Crippen LogP contribution in [-0.2, 0) is 6.42 Å². The SMILES string of the molecule is CC1Cc2cc(C(=O)c3cccc(Cl)c3N)ccc2O1. The molecule has 0 radical (unpaired) electrons. The molecule has 0 saturated carbocycles. The Hall–Kier alpha value is -2.00. The third-order valence-electron chi connectivity index (χ3n) is 3.46. The van der Waals surface area contributed by atoms with Gasteiger partial charge in [-0.1, -0.05) is 17.7 Å². The van der Waals surface area contributed by atoms with E-state index in [4.69, 9.17) is 22.1 Å². The summed E-state index contributed by atoms with van der Waals surface area (Å²) in [6.45, 7) is 2.01. The fourth-order valence-corrected chi connectivity index (χ4v) is 2.63. The summed E-state index contributed by atoms with van der Waals surface area (Å²) in [5.74, 6) is 0.737. The zero-order valence-corrected chi connectivity index (χ0v) is 11.8. The lowest BCUT2D eigenvalue weighted by Gasteiger charge is -2.07. The van der Waals surface area contributed by atoms with E-state index in [1.165, 1.54) is 0 Å². The molecule has 0 aromatic heterocycles. The molecule has 0 fully saturated rings. The lowest BCUT2D eigenvalue weighted by molar-refractivity contribution is 0.103. The summed E-state index contributed by atoms with van der Waals surface area (Å²) in [7, 11) is 0. The van der Waals surface area contributed by atoms with E-state index in [2.05, 4.69) is 0 Å². The lowest BCUT2D eigenvalue weighted by Crippen LogP contribution is -2.06. The van der Waals surface area contributed by atoms with Crippen LogP contribution in [0.3, 0.4) is 0 Å². The van der Waals surface area contributed by atoms with Crippen molar-refractivity contribution in [2.45, 2.75) is 19.4 Å². The predicted molar refractivity (Wildman–Crippen MR) is 79.5 cm³/mol. The number of halogens is 1. The molecule has 0 spiro atoms. The molecule has 2 aromatic carbocycles. The molecule has 1 unspecified atom stereocenters. The van der Waals surface area contributed by atoms with Gasteiger partial charge in [-0.15, -0.1) is 0 Å². The maximum atomic E-state index is 12.5. The molecule has 3 nitrogen and oxygen atoms in total. The van der Waals surface area contributed by atoms with Crippen molar-refractivity contribution in [3.05, 3.63) is 58.1 Å². The van der Waals surface area contributed by atoms with E-state index >= 15 is 0 Å². The summed E-state index contributed by atoms with van der Waals surface area (Å²) >= 11 is 5.96. The number of fused-ring (bicyclic) bond motifs is 1. The highest BCUT2D eigenvalue weighted by Gasteiger charge is 2.21. The van der Waals surface area contributed by atoms with Gasteiger partial charge < -0.3 is 10.5 Å². The third-order valence-corrected chi connectivity index (χ3v) is 3.79. The number of para-hydroxylation sites is 1. The van der Waals surface area contributed by atoms with Gasteiger partial charge in [-0.05, 0) is 42.8 Å². The first-order valence-electron chi connectivity index (χ1n) is 6.44. The molecular weight excluding hydrogens is 274 g/mol. The smallest absolute Gasteiger partial charge is 0.195 e. The van der Waals surface area contributed by atoms with Crippen LogP contribution in [0.2, 0.25) is 5.02 Å².